The van der Waals surface area contributed by atoms with Gasteiger partial charge in [-0.3, -0.25) is 4.79 Å². The summed E-state index contributed by atoms with van der Waals surface area (Å²) in [5, 5.41) is 2.81. The standard InChI is InChI=1S/C18H21FN2O2.C2H6/c1-4-16(23-18-13(3)9-12(2)10-21-18)17(22)20-11-14-5-7-15(19)8-6-14;1-2/h5-10,16H,4,11H2,1-3H3,(H,20,22);1-2H3. The summed E-state index contributed by atoms with van der Waals surface area (Å²) in [4.78, 5) is 16.5. The van der Waals surface area contributed by atoms with E-state index in [-0.39, 0.29) is 11.7 Å². The highest BCUT2D eigenvalue weighted by atomic mass is 19.1. The van der Waals surface area contributed by atoms with Crippen LogP contribution in [0.5, 0.6) is 5.88 Å². The van der Waals surface area contributed by atoms with Crippen LogP contribution >= 0.6 is 0 Å². The van der Waals surface area contributed by atoms with E-state index in [9.17, 15) is 9.18 Å². The predicted molar refractivity (Wildman–Crippen MR) is 98.0 cm³/mol. The van der Waals surface area contributed by atoms with Crippen molar-refractivity contribution in [2.45, 2.75) is 53.7 Å². The van der Waals surface area contributed by atoms with E-state index < -0.39 is 6.10 Å². The molecular weight excluding hydrogens is 319 g/mol. The number of carbonyl (C=O) groups is 1. The molecule has 1 aromatic heterocycles. The molecule has 5 heteroatoms. The Kier molecular flexibility index (Phi) is 8.61. The maximum Gasteiger partial charge on any atom is 0.261 e. The second-order valence-corrected chi connectivity index (χ2v) is 5.49. The Balaban J connectivity index is 0.00000151. The maximum atomic E-state index is 12.9. The largest absolute Gasteiger partial charge is 0.464 e. The Labute approximate surface area is 149 Å². The van der Waals surface area contributed by atoms with Gasteiger partial charge >= 0.3 is 0 Å². The fourth-order valence-electron chi connectivity index (χ4n) is 2.19. The minimum Gasteiger partial charge on any atom is -0.464 e. The fourth-order valence-corrected chi connectivity index (χ4v) is 2.19. The number of rotatable bonds is 6. The first-order valence-corrected chi connectivity index (χ1v) is 8.61. The summed E-state index contributed by atoms with van der Waals surface area (Å²) in [6.07, 6.45) is 1.64. The molecule has 1 aromatic carbocycles. The molecule has 1 atom stereocenters. The second kappa shape index (κ2) is 10.4. The molecule has 0 saturated heterocycles. The molecule has 0 saturated carbocycles. The van der Waals surface area contributed by atoms with Gasteiger partial charge in [0.2, 0.25) is 5.88 Å². The normalized spacial score (nSPS) is 11.1. The zero-order valence-electron chi connectivity index (χ0n) is 15.6. The van der Waals surface area contributed by atoms with Crippen molar-refractivity contribution in [3.8, 4) is 5.88 Å². The Morgan fingerprint density at radius 3 is 2.44 bits per heavy atom. The van der Waals surface area contributed by atoms with Crippen molar-refractivity contribution in [3.63, 3.8) is 0 Å². The van der Waals surface area contributed by atoms with Crippen LogP contribution in [-0.2, 0) is 11.3 Å². The number of pyridine rings is 1. The summed E-state index contributed by atoms with van der Waals surface area (Å²) in [5.41, 5.74) is 2.78. The van der Waals surface area contributed by atoms with Crippen molar-refractivity contribution < 1.29 is 13.9 Å². The average molecular weight is 346 g/mol. The molecule has 0 aliphatic carbocycles. The number of hydrogen-bond acceptors (Lipinski definition) is 3. The van der Waals surface area contributed by atoms with Gasteiger partial charge in [-0.05, 0) is 49.6 Å². The van der Waals surface area contributed by atoms with Crippen molar-refractivity contribution in [1.29, 1.82) is 0 Å². The Morgan fingerprint density at radius 1 is 1.24 bits per heavy atom. The lowest BCUT2D eigenvalue weighted by Gasteiger charge is -2.18. The average Bonchev–Trinajstić information content (AvgIpc) is 2.62. The molecule has 4 nitrogen and oxygen atoms in total. The van der Waals surface area contributed by atoms with Crippen molar-refractivity contribution in [2.24, 2.45) is 0 Å². The van der Waals surface area contributed by atoms with Crippen LogP contribution in [0.1, 0.15) is 43.9 Å². The zero-order chi connectivity index (χ0) is 18.8. The van der Waals surface area contributed by atoms with E-state index in [4.69, 9.17) is 4.74 Å². The Hall–Kier alpha value is -2.43. The van der Waals surface area contributed by atoms with Gasteiger partial charge in [0.05, 0.1) is 0 Å². The fraction of sp³-hybridized carbons (Fsp3) is 0.400. The summed E-state index contributed by atoms with van der Waals surface area (Å²) in [5.74, 6) is -0.0336. The molecule has 1 heterocycles. The van der Waals surface area contributed by atoms with Gasteiger partial charge in [-0.1, -0.05) is 32.9 Å². The van der Waals surface area contributed by atoms with E-state index in [1.54, 1.807) is 18.3 Å². The van der Waals surface area contributed by atoms with Crippen LogP contribution in [0.3, 0.4) is 0 Å². The maximum absolute atomic E-state index is 12.9. The zero-order valence-corrected chi connectivity index (χ0v) is 15.6. The summed E-state index contributed by atoms with van der Waals surface area (Å²) in [6.45, 7) is 10.1. The molecular formula is C20H27FN2O2. The van der Waals surface area contributed by atoms with Crippen molar-refractivity contribution in [2.75, 3.05) is 0 Å². The third-order valence-electron chi connectivity index (χ3n) is 3.46. The van der Waals surface area contributed by atoms with Crippen LogP contribution < -0.4 is 10.1 Å². The number of amides is 1. The number of nitrogens with one attached hydrogen (secondary N) is 1. The van der Waals surface area contributed by atoms with Gasteiger partial charge in [-0.2, -0.15) is 0 Å². The van der Waals surface area contributed by atoms with E-state index >= 15 is 0 Å². The van der Waals surface area contributed by atoms with Gasteiger partial charge in [-0.15, -0.1) is 0 Å². The molecule has 25 heavy (non-hydrogen) atoms. The predicted octanol–water partition coefficient (Wildman–Crippen LogP) is 4.34. The highest BCUT2D eigenvalue weighted by Crippen LogP contribution is 2.17. The third-order valence-corrected chi connectivity index (χ3v) is 3.46. The van der Waals surface area contributed by atoms with E-state index in [0.29, 0.717) is 18.8 Å². The van der Waals surface area contributed by atoms with Crippen LogP contribution in [0.25, 0.3) is 0 Å². The number of aryl methyl sites for hydroxylation is 2. The smallest absolute Gasteiger partial charge is 0.261 e. The summed E-state index contributed by atoms with van der Waals surface area (Å²) < 4.78 is 18.6. The molecule has 0 aliphatic heterocycles. The summed E-state index contributed by atoms with van der Waals surface area (Å²) in [6, 6.07) is 7.99. The second-order valence-electron chi connectivity index (χ2n) is 5.49. The number of ether oxygens (including phenoxy) is 1. The SMILES string of the molecule is CC.CCC(Oc1ncc(C)cc1C)C(=O)NCc1ccc(F)cc1. The van der Waals surface area contributed by atoms with E-state index in [1.807, 2.05) is 40.7 Å². The minimum atomic E-state index is -0.607. The van der Waals surface area contributed by atoms with Gasteiger partial charge in [0.1, 0.15) is 5.82 Å². The third kappa shape index (κ3) is 6.53. The Morgan fingerprint density at radius 2 is 1.88 bits per heavy atom. The molecule has 0 bridgehead atoms. The first kappa shape index (κ1) is 20.6. The number of benzene rings is 1. The van der Waals surface area contributed by atoms with E-state index in [1.165, 1.54) is 12.1 Å². The van der Waals surface area contributed by atoms with Crippen molar-refractivity contribution in [1.82, 2.24) is 10.3 Å². The molecule has 1 amide bonds. The number of aromatic nitrogens is 1. The van der Waals surface area contributed by atoms with Gasteiger partial charge in [0.25, 0.3) is 5.91 Å². The number of halogens is 1. The van der Waals surface area contributed by atoms with Crippen LogP contribution in [0.2, 0.25) is 0 Å². The van der Waals surface area contributed by atoms with Gasteiger partial charge in [0, 0.05) is 18.3 Å². The van der Waals surface area contributed by atoms with Gasteiger partial charge < -0.3 is 10.1 Å². The Bertz CT molecular complexity index is 672. The quantitative estimate of drug-likeness (QED) is 0.846. The van der Waals surface area contributed by atoms with Crippen LogP contribution in [0, 0.1) is 19.7 Å². The molecule has 2 aromatic rings. The topological polar surface area (TPSA) is 51.2 Å². The molecule has 0 aliphatic rings. The monoisotopic (exact) mass is 346 g/mol. The lowest BCUT2D eigenvalue weighted by molar-refractivity contribution is -0.128. The summed E-state index contributed by atoms with van der Waals surface area (Å²) >= 11 is 0. The molecule has 0 radical (unpaired) electrons. The minimum absolute atomic E-state index is 0.210. The lowest BCUT2D eigenvalue weighted by atomic mass is 10.2. The van der Waals surface area contributed by atoms with Gasteiger partial charge in [0.15, 0.2) is 6.10 Å². The molecule has 2 rings (SSSR count). The van der Waals surface area contributed by atoms with Crippen molar-refractivity contribution >= 4 is 5.91 Å². The van der Waals surface area contributed by atoms with E-state index in [2.05, 4.69) is 10.3 Å². The first-order chi connectivity index (χ1) is 12.0. The first-order valence-electron chi connectivity index (χ1n) is 8.61. The highest BCUT2D eigenvalue weighted by Gasteiger charge is 2.19. The lowest BCUT2D eigenvalue weighted by Crippen LogP contribution is -2.37. The number of nitrogens with zero attached hydrogens (tertiary/aromatic N) is 1. The molecule has 1 unspecified atom stereocenters. The molecule has 0 spiro atoms. The van der Waals surface area contributed by atoms with Crippen LogP contribution in [-0.4, -0.2) is 17.0 Å². The summed E-state index contributed by atoms with van der Waals surface area (Å²) in [7, 11) is 0. The molecule has 1 N–H and O–H groups in total. The molecule has 0 fully saturated rings. The molecule has 136 valence electrons. The van der Waals surface area contributed by atoms with Crippen LogP contribution in [0.15, 0.2) is 36.5 Å². The van der Waals surface area contributed by atoms with Gasteiger partial charge in [-0.25, -0.2) is 9.37 Å². The van der Waals surface area contributed by atoms with Crippen molar-refractivity contribution in [3.05, 3.63) is 59.0 Å². The number of carbonyl (C=O) groups excluding carboxylic acids is 1. The van der Waals surface area contributed by atoms with E-state index in [0.717, 1.165) is 16.7 Å². The highest BCUT2D eigenvalue weighted by molar-refractivity contribution is 5.81. The number of hydrogen-bond donors (Lipinski definition) is 1. The van der Waals surface area contributed by atoms with Crippen LogP contribution in [0.4, 0.5) is 4.39 Å².